The largest absolute Gasteiger partial charge is 0.508 e. The first-order chi connectivity index (χ1) is 9.06. The quantitative estimate of drug-likeness (QED) is 0.827. The molecule has 0 aromatic heterocycles. The summed E-state index contributed by atoms with van der Waals surface area (Å²) in [6.45, 7) is 0. The Morgan fingerprint density at radius 1 is 0.895 bits per heavy atom. The van der Waals surface area contributed by atoms with Gasteiger partial charge >= 0.3 is 0 Å². The Balaban J connectivity index is 2.32. The van der Waals surface area contributed by atoms with E-state index in [9.17, 15) is 10.2 Å². The smallest absolute Gasteiger partial charge is 0.119 e. The van der Waals surface area contributed by atoms with Gasteiger partial charge in [0.05, 0.1) is 0 Å². The Kier molecular flexibility index (Phi) is 3.76. The van der Waals surface area contributed by atoms with Gasteiger partial charge in [-0.2, -0.15) is 0 Å². The van der Waals surface area contributed by atoms with Crippen LogP contribution in [0.2, 0.25) is 0 Å². The first-order valence-electron chi connectivity index (χ1n) is 6.04. The van der Waals surface area contributed by atoms with E-state index in [1.54, 1.807) is 12.1 Å². The van der Waals surface area contributed by atoms with Crippen LogP contribution in [0.4, 0.5) is 5.69 Å². The lowest BCUT2D eigenvalue weighted by atomic mass is 10.1. The maximum Gasteiger partial charge on any atom is 0.119 e. The van der Waals surface area contributed by atoms with Gasteiger partial charge in [0, 0.05) is 25.8 Å². The number of hydrogen-bond acceptors (Lipinski definition) is 3. The van der Waals surface area contributed by atoms with Gasteiger partial charge in [-0.3, -0.25) is 0 Å². The zero-order chi connectivity index (χ0) is 13.8. The lowest BCUT2D eigenvalue weighted by Gasteiger charge is -2.15. The van der Waals surface area contributed by atoms with Gasteiger partial charge in [-0.15, -0.1) is 0 Å². The second-order valence-electron chi connectivity index (χ2n) is 4.57. The average Bonchev–Trinajstić information content (AvgIpc) is 2.35. The Bertz CT molecular complexity index is 583. The molecule has 0 radical (unpaired) electrons. The van der Waals surface area contributed by atoms with Crippen molar-refractivity contribution in [3.63, 3.8) is 0 Å². The summed E-state index contributed by atoms with van der Waals surface area (Å²) in [5.74, 6) is 0.112. The predicted molar refractivity (Wildman–Crippen MR) is 79.5 cm³/mol. The van der Waals surface area contributed by atoms with Gasteiger partial charge in [0.15, 0.2) is 0 Å². The summed E-state index contributed by atoms with van der Waals surface area (Å²) in [5.41, 5.74) is 2.95. The molecule has 2 N–H and O–H groups in total. The highest BCUT2D eigenvalue weighted by Crippen LogP contribution is 2.24. The van der Waals surface area contributed by atoms with Crippen LogP contribution in [0.1, 0.15) is 11.1 Å². The molecule has 0 heterocycles. The van der Waals surface area contributed by atoms with Gasteiger partial charge in [0.1, 0.15) is 11.5 Å². The molecule has 3 nitrogen and oxygen atoms in total. The van der Waals surface area contributed by atoms with Crippen molar-refractivity contribution < 1.29 is 10.2 Å². The van der Waals surface area contributed by atoms with Crippen molar-refractivity contribution >= 4 is 17.8 Å². The predicted octanol–water partition coefficient (Wildman–Crippen LogP) is 3.33. The van der Waals surface area contributed by atoms with Gasteiger partial charge in [-0.1, -0.05) is 30.4 Å². The highest BCUT2D eigenvalue weighted by Gasteiger charge is 2.00. The van der Waals surface area contributed by atoms with E-state index in [-0.39, 0.29) is 11.5 Å². The Morgan fingerprint density at radius 2 is 1.53 bits per heavy atom. The molecule has 0 bridgehead atoms. The van der Waals surface area contributed by atoms with Gasteiger partial charge in [-0.05, 0) is 29.3 Å². The molecule has 19 heavy (non-hydrogen) atoms. The van der Waals surface area contributed by atoms with Crippen LogP contribution in [0.5, 0.6) is 11.5 Å². The Hall–Kier alpha value is -2.42. The summed E-state index contributed by atoms with van der Waals surface area (Å²) in [4.78, 5) is 2.04. The topological polar surface area (TPSA) is 43.7 Å². The van der Waals surface area contributed by atoms with Gasteiger partial charge in [-0.25, -0.2) is 0 Å². The van der Waals surface area contributed by atoms with E-state index < -0.39 is 0 Å². The fraction of sp³-hybridized carbons (Fsp3) is 0.125. The third-order valence-electron chi connectivity index (χ3n) is 2.80. The van der Waals surface area contributed by atoms with Gasteiger partial charge in [0.25, 0.3) is 0 Å². The molecular weight excluding hydrogens is 238 g/mol. The van der Waals surface area contributed by atoms with E-state index in [1.807, 2.05) is 55.4 Å². The molecule has 0 spiro atoms. The standard InChI is InChI=1S/C16H17NO2/c1-17(2)16-6-4-3-5-13(16)8-7-12-9-14(18)11-15(19)10-12/h3-11,18-19H,1-2H3/b8-7+. The normalized spacial score (nSPS) is 10.8. The van der Waals surface area contributed by atoms with E-state index in [0.29, 0.717) is 0 Å². The summed E-state index contributed by atoms with van der Waals surface area (Å²) in [7, 11) is 3.99. The highest BCUT2D eigenvalue weighted by atomic mass is 16.3. The SMILES string of the molecule is CN(C)c1ccccc1/C=C/c1cc(O)cc(O)c1. The number of nitrogens with zero attached hydrogens (tertiary/aromatic N) is 1. The molecule has 0 fully saturated rings. The van der Waals surface area contributed by atoms with Crippen molar-refractivity contribution in [3.05, 3.63) is 53.6 Å². The van der Waals surface area contributed by atoms with Crippen LogP contribution in [-0.4, -0.2) is 24.3 Å². The summed E-state index contributed by atoms with van der Waals surface area (Å²) in [5, 5.41) is 18.9. The third-order valence-corrected chi connectivity index (χ3v) is 2.80. The molecule has 3 heteroatoms. The molecule has 2 rings (SSSR count). The first-order valence-corrected chi connectivity index (χ1v) is 6.04. The molecule has 0 aliphatic heterocycles. The molecule has 2 aromatic carbocycles. The van der Waals surface area contributed by atoms with Crippen molar-refractivity contribution in [1.29, 1.82) is 0 Å². The average molecular weight is 255 g/mol. The van der Waals surface area contributed by atoms with E-state index in [4.69, 9.17) is 0 Å². The van der Waals surface area contributed by atoms with Gasteiger partial charge in [0.2, 0.25) is 0 Å². The number of hydrogen-bond donors (Lipinski definition) is 2. The lowest BCUT2D eigenvalue weighted by Crippen LogP contribution is -2.09. The molecule has 0 amide bonds. The fourth-order valence-corrected chi connectivity index (χ4v) is 1.94. The molecule has 0 atom stereocenters. The maximum absolute atomic E-state index is 9.43. The van der Waals surface area contributed by atoms with Crippen LogP contribution in [0.3, 0.4) is 0 Å². The van der Waals surface area contributed by atoms with Crippen LogP contribution in [0.15, 0.2) is 42.5 Å². The second-order valence-corrected chi connectivity index (χ2v) is 4.57. The molecule has 0 aliphatic carbocycles. The van der Waals surface area contributed by atoms with E-state index >= 15 is 0 Å². The van der Waals surface area contributed by atoms with Crippen LogP contribution >= 0.6 is 0 Å². The van der Waals surface area contributed by atoms with E-state index in [1.165, 1.54) is 6.07 Å². The number of phenols is 2. The summed E-state index contributed by atoms with van der Waals surface area (Å²) < 4.78 is 0. The van der Waals surface area contributed by atoms with Crippen LogP contribution in [0.25, 0.3) is 12.2 Å². The number of benzene rings is 2. The van der Waals surface area contributed by atoms with Crippen molar-refractivity contribution in [2.24, 2.45) is 0 Å². The van der Waals surface area contributed by atoms with Crippen LogP contribution in [0, 0.1) is 0 Å². The van der Waals surface area contributed by atoms with Crippen molar-refractivity contribution in [2.45, 2.75) is 0 Å². The van der Waals surface area contributed by atoms with E-state index in [0.717, 1.165) is 16.8 Å². The van der Waals surface area contributed by atoms with Crippen molar-refractivity contribution in [3.8, 4) is 11.5 Å². The van der Waals surface area contributed by atoms with Crippen molar-refractivity contribution in [2.75, 3.05) is 19.0 Å². The zero-order valence-corrected chi connectivity index (χ0v) is 11.0. The lowest BCUT2D eigenvalue weighted by molar-refractivity contribution is 0.450. The summed E-state index contributed by atoms with van der Waals surface area (Å²) in [6.07, 6.45) is 3.82. The molecule has 2 aromatic rings. The number of aromatic hydroxyl groups is 2. The number of para-hydroxylation sites is 1. The molecule has 98 valence electrons. The molecule has 0 saturated heterocycles. The Morgan fingerprint density at radius 3 is 2.16 bits per heavy atom. The monoisotopic (exact) mass is 255 g/mol. The minimum atomic E-state index is 0.0561. The third kappa shape index (κ3) is 3.28. The zero-order valence-electron chi connectivity index (χ0n) is 11.0. The highest BCUT2D eigenvalue weighted by molar-refractivity contribution is 5.77. The molecule has 0 aliphatic rings. The number of phenolic OH excluding ortho intramolecular Hbond substituents is 2. The minimum absolute atomic E-state index is 0.0561. The van der Waals surface area contributed by atoms with Gasteiger partial charge < -0.3 is 15.1 Å². The fourth-order valence-electron chi connectivity index (χ4n) is 1.94. The van der Waals surface area contributed by atoms with Crippen LogP contribution < -0.4 is 4.90 Å². The number of rotatable bonds is 3. The maximum atomic E-state index is 9.43. The summed E-state index contributed by atoms with van der Waals surface area (Å²) >= 11 is 0. The van der Waals surface area contributed by atoms with E-state index in [2.05, 4.69) is 0 Å². The Labute approximate surface area is 113 Å². The second kappa shape index (κ2) is 5.48. The molecular formula is C16H17NO2. The molecule has 0 unspecified atom stereocenters. The van der Waals surface area contributed by atoms with Crippen LogP contribution in [-0.2, 0) is 0 Å². The minimum Gasteiger partial charge on any atom is -0.508 e. The molecule has 0 saturated carbocycles. The first kappa shape index (κ1) is 13.0. The summed E-state index contributed by atoms with van der Waals surface area (Å²) in [6, 6.07) is 12.6. The number of anilines is 1. The van der Waals surface area contributed by atoms with Crippen molar-refractivity contribution in [1.82, 2.24) is 0 Å².